The van der Waals surface area contributed by atoms with Gasteiger partial charge < -0.3 is 14.5 Å². The SMILES string of the molecule is COC(C)(c1c(OC(F)F)cc(C)c2[nH]ccc12)N1Cc2ccc(C#N)cc2C1. The van der Waals surface area contributed by atoms with E-state index in [9.17, 15) is 14.0 Å². The Bertz CT molecular complexity index is 1120. The number of hydrogen-bond donors (Lipinski definition) is 1. The van der Waals surface area contributed by atoms with Crippen molar-refractivity contribution in [2.45, 2.75) is 39.3 Å². The summed E-state index contributed by atoms with van der Waals surface area (Å²) in [5.41, 5.74) is 3.90. The van der Waals surface area contributed by atoms with Crippen molar-refractivity contribution in [3.05, 3.63) is 64.3 Å². The minimum atomic E-state index is -2.94. The number of nitrogens with one attached hydrogen (secondary N) is 1. The normalized spacial score (nSPS) is 16.0. The van der Waals surface area contributed by atoms with Gasteiger partial charge in [-0.05, 0) is 54.8 Å². The first kappa shape index (κ1) is 19.4. The number of aryl methyl sites for hydroxylation is 1. The summed E-state index contributed by atoms with van der Waals surface area (Å²) in [5, 5.41) is 9.96. The molecular formula is C22H21F2N3O2. The van der Waals surface area contributed by atoms with Crippen LogP contribution in [0.4, 0.5) is 8.78 Å². The average Bonchev–Trinajstić information content (AvgIpc) is 3.34. The Morgan fingerprint density at radius 2 is 1.97 bits per heavy atom. The molecule has 1 aliphatic rings. The minimum absolute atomic E-state index is 0.0996. The minimum Gasteiger partial charge on any atom is -0.434 e. The number of fused-ring (bicyclic) bond motifs is 2. The highest BCUT2D eigenvalue weighted by Crippen LogP contribution is 2.45. The Morgan fingerprint density at radius 3 is 2.66 bits per heavy atom. The lowest BCUT2D eigenvalue weighted by molar-refractivity contribution is -0.137. The van der Waals surface area contributed by atoms with E-state index in [2.05, 4.69) is 16.0 Å². The number of aromatic amines is 1. The Morgan fingerprint density at radius 1 is 1.21 bits per heavy atom. The molecule has 7 heteroatoms. The quantitative estimate of drug-likeness (QED) is 0.673. The van der Waals surface area contributed by atoms with Gasteiger partial charge in [0.1, 0.15) is 11.5 Å². The van der Waals surface area contributed by atoms with Crippen LogP contribution in [0.3, 0.4) is 0 Å². The molecular weight excluding hydrogens is 376 g/mol. The van der Waals surface area contributed by atoms with Crippen molar-refractivity contribution in [2.75, 3.05) is 7.11 Å². The van der Waals surface area contributed by atoms with Crippen LogP contribution < -0.4 is 4.74 Å². The average molecular weight is 397 g/mol. The molecule has 150 valence electrons. The third-order valence-electron chi connectivity index (χ3n) is 5.74. The molecule has 4 rings (SSSR count). The van der Waals surface area contributed by atoms with Gasteiger partial charge in [-0.15, -0.1) is 0 Å². The molecule has 0 fully saturated rings. The van der Waals surface area contributed by atoms with Crippen molar-refractivity contribution in [1.82, 2.24) is 9.88 Å². The summed E-state index contributed by atoms with van der Waals surface area (Å²) < 4.78 is 37.3. The predicted molar refractivity (Wildman–Crippen MR) is 104 cm³/mol. The third kappa shape index (κ3) is 3.15. The second-order valence-electron chi connectivity index (χ2n) is 7.35. The number of H-pyrrole nitrogens is 1. The van der Waals surface area contributed by atoms with Crippen LogP contribution in [0.5, 0.6) is 5.75 Å². The molecule has 5 nitrogen and oxygen atoms in total. The molecule has 0 saturated carbocycles. The number of alkyl halides is 2. The van der Waals surface area contributed by atoms with Crippen molar-refractivity contribution in [1.29, 1.82) is 5.26 Å². The summed E-state index contributed by atoms with van der Waals surface area (Å²) in [5.74, 6) is 0.0996. The van der Waals surface area contributed by atoms with Crippen LogP contribution in [0, 0.1) is 18.3 Å². The lowest BCUT2D eigenvalue weighted by Gasteiger charge is -2.39. The Hall–Kier alpha value is -2.95. The number of aromatic nitrogens is 1. The molecule has 0 radical (unpaired) electrons. The Kier molecular flexibility index (Phi) is 4.77. The summed E-state index contributed by atoms with van der Waals surface area (Å²) in [6.07, 6.45) is 1.78. The van der Waals surface area contributed by atoms with E-state index in [-0.39, 0.29) is 5.75 Å². The van der Waals surface area contributed by atoms with Crippen LogP contribution in [0.2, 0.25) is 0 Å². The Labute approximate surface area is 167 Å². The number of halogens is 2. The highest BCUT2D eigenvalue weighted by atomic mass is 19.3. The topological polar surface area (TPSA) is 61.3 Å². The van der Waals surface area contributed by atoms with E-state index in [0.29, 0.717) is 24.2 Å². The zero-order valence-electron chi connectivity index (χ0n) is 16.4. The summed E-state index contributed by atoms with van der Waals surface area (Å²) in [6, 6.07) is 11.2. The van der Waals surface area contributed by atoms with Crippen LogP contribution in [-0.4, -0.2) is 23.6 Å². The molecule has 29 heavy (non-hydrogen) atoms. The van der Waals surface area contributed by atoms with E-state index >= 15 is 0 Å². The fraction of sp³-hybridized carbons (Fsp3) is 0.318. The smallest absolute Gasteiger partial charge is 0.387 e. The maximum atomic E-state index is 13.2. The van der Waals surface area contributed by atoms with Gasteiger partial charge in [0, 0.05) is 37.3 Å². The molecule has 0 bridgehead atoms. The van der Waals surface area contributed by atoms with Crippen LogP contribution in [0.15, 0.2) is 36.5 Å². The van der Waals surface area contributed by atoms with Gasteiger partial charge in [0.15, 0.2) is 0 Å². The van der Waals surface area contributed by atoms with E-state index in [1.807, 2.05) is 32.0 Å². The summed E-state index contributed by atoms with van der Waals surface area (Å²) in [4.78, 5) is 5.24. The largest absolute Gasteiger partial charge is 0.434 e. The molecule has 2 aromatic carbocycles. The maximum absolute atomic E-state index is 13.2. The van der Waals surface area contributed by atoms with Crippen LogP contribution >= 0.6 is 0 Å². The van der Waals surface area contributed by atoms with Crippen molar-refractivity contribution in [3.8, 4) is 11.8 Å². The van der Waals surface area contributed by atoms with E-state index in [1.165, 1.54) is 0 Å². The molecule has 1 atom stereocenters. The molecule has 0 amide bonds. The summed E-state index contributed by atoms with van der Waals surface area (Å²) >= 11 is 0. The highest BCUT2D eigenvalue weighted by molar-refractivity contribution is 5.89. The molecule has 1 aromatic heterocycles. The molecule has 0 aliphatic carbocycles. The van der Waals surface area contributed by atoms with Crippen LogP contribution in [0.25, 0.3) is 10.9 Å². The zero-order chi connectivity index (χ0) is 20.8. The maximum Gasteiger partial charge on any atom is 0.387 e. The van der Waals surface area contributed by atoms with Crippen molar-refractivity contribution >= 4 is 10.9 Å². The van der Waals surface area contributed by atoms with E-state index < -0.39 is 12.3 Å². The first-order valence-electron chi connectivity index (χ1n) is 9.25. The molecule has 0 spiro atoms. The summed E-state index contributed by atoms with van der Waals surface area (Å²) in [6.45, 7) is 1.86. The van der Waals surface area contributed by atoms with Gasteiger partial charge in [-0.1, -0.05) is 6.07 Å². The molecule has 0 saturated heterocycles. The van der Waals surface area contributed by atoms with Gasteiger partial charge in [0.05, 0.1) is 17.2 Å². The number of benzene rings is 2. The highest BCUT2D eigenvalue weighted by Gasteiger charge is 2.41. The summed E-state index contributed by atoms with van der Waals surface area (Å²) in [7, 11) is 1.56. The van der Waals surface area contributed by atoms with Gasteiger partial charge in [0.25, 0.3) is 0 Å². The van der Waals surface area contributed by atoms with Crippen LogP contribution in [-0.2, 0) is 23.6 Å². The molecule has 1 unspecified atom stereocenters. The molecule has 3 aromatic rings. The molecule has 1 aliphatic heterocycles. The predicted octanol–water partition coefficient (Wildman–Crippen LogP) is 4.78. The number of hydrogen-bond acceptors (Lipinski definition) is 4. The van der Waals surface area contributed by atoms with Crippen molar-refractivity contribution in [2.24, 2.45) is 0 Å². The van der Waals surface area contributed by atoms with Gasteiger partial charge in [0.2, 0.25) is 0 Å². The van der Waals surface area contributed by atoms with Crippen molar-refractivity contribution in [3.63, 3.8) is 0 Å². The first-order chi connectivity index (χ1) is 13.9. The lowest BCUT2D eigenvalue weighted by atomic mass is 9.95. The zero-order valence-corrected chi connectivity index (χ0v) is 16.4. The molecule has 1 N–H and O–H groups in total. The van der Waals surface area contributed by atoms with Crippen molar-refractivity contribution < 1.29 is 18.3 Å². The van der Waals surface area contributed by atoms with Gasteiger partial charge in [-0.3, -0.25) is 4.90 Å². The van der Waals surface area contributed by atoms with Gasteiger partial charge in [-0.2, -0.15) is 14.0 Å². The number of methoxy groups -OCH3 is 1. The van der Waals surface area contributed by atoms with E-state index in [4.69, 9.17) is 9.47 Å². The number of nitrogens with zero attached hydrogens (tertiary/aromatic N) is 2. The number of ether oxygens (including phenoxy) is 2. The fourth-order valence-corrected chi connectivity index (χ4v) is 4.20. The Balaban J connectivity index is 1.85. The van der Waals surface area contributed by atoms with Crippen LogP contribution in [0.1, 0.15) is 34.7 Å². The monoisotopic (exact) mass is 397 g/mol. The standard InChI is InChI=1S/C22H21F2N3O2/c1-13-8-18(29-21(23)24)19(17-6-7-26-20(13)17)22(2,28-3)27-11-15-5-4-14(10-25)9-16(15)12-27/h4-9,21,26H,11-12H2,1-3H3. The van der Waals surface area contributed by atoms with E-state index in [0.717, 1.165) is 27.6 Å². The third-order valence-corrected chi connectivity index (χ3v) is 5.74. The first-order valence-corrected chi connectivity index (χ1v) is 9.25. The number of rotatable bonds is 5. The lowest BCUT2D eigenvalue weighted by Crippen LogP contribution is -2.42. The van der Waals surface area contributed by atoms with Gasteiger partial charge in [-0.25, -0.2) is 0 Å². The van der Waals surface area contributed by atoms with E-state index in [1.54, 1.807) is 25.4 Å². The number of nitriles is 1. The van der Waals surface area contributed by atoms with Gasteiger partial charge >= 0.3 is 6.61 Å². The fourth-order valence-electron chi connectivity index (χ4n) is 4.20. The molecule has 2 heterocycles. The second kappa shape index (κ2) is 7.14. The second-order valence-corrected chi connectivity index (χ2v) is 7.35.